The highest BCUT2D eigenvalue weighted by molar-refractivity contribution is 9.10. The largest absolute Gasteiger partial charge is 0.366 e. The zero-order valence-electron chi connectivity index (χ0n) is 10.9. The number of hydrogen-bond donors (Lipinski definition) is 1. The molecule has 19 heavy (non-hydrogen) atoms. The van der Waals surface area contributed by atoms with Gasteiger partial charge >= 0.3 is 0 Å². The highest BCUT2D eigenvalue weighted by Gasteiger charge is 2.33. The molecule has 0 spiro atoms. The molecule has 4 heteroatoms. The molecular weight excluding hydrogens is 302 g/mol. The van der Waals surface area contributed by atoms with E-state index in [0.29, 0.717) is 17.6 Å². The molecule has 2 atom stereocenters. The standard InChI is InChI=1S/C15H18BrN3/c16-12-9-11(10-17)5-6-14(12)19-8-2-4-15(19)13-3-1-7-18-13/h5-6,9,13,15,18H,1-4,7-8H2. The molecule has 2 saturated heterocycles. The van der Waals surface area contributed by atoms with Crippen molar-refractivity contribution in [3.8, 4) is 6.07 Å². The van der Waals surface area contributed by atoms with Crippen molar-refractivity contribution in [2.24, 2.45) is 0 Å². The number of rotatable bonds is 2. The average Bonchev–Trinajstić information content (AvgIpc) is 3.08. The van der Waals surface area contributed by atoms with Crippen molar-refractivity contribution in [2.45, 2.75) is 37.8 Å². The highest BCUT2D eigenvalue weighted by Crippen LogP contribution is 2.35. The van der Waals surface area contributed by atoms with Crippen LogP contribution in [0, 0.1) is 11.3 Å². The smallest absolute Gasteiger partial charge is 0.0992 e. The molecule has 0 aliphatic carbocycles. The van der Waals surface area contributed by atoms with Crippen LogP contribution in [0.4, 0.5) is 5.69 Å². The Morgan fingerprint density at radius 1 is 1.32 bits per heavy atom. The van der Waals surface area contributed by atoms with Gasteiger partial charge in [-0.3, -0.25) is 0 Å². The normalized spacial score (nSPS) is 26.6. The Labute approximate surface area is 122 Å². The van der Waals surface area contributed by atoms with E-state index in [2.05, 4.69) is 38.3 Å². The van der Waals surface area contributed by atoms with Crippen LogP contribution in [0.25, 0.3) is 0 Å². The van der Waals surface area contributed by atoms with Crippen molar-refractivity contribution in [1.29, 1.82) is 5.26 Å². The van der Waals surface area contributed by atoms with Gasteiger partial charge in [0, 0.05) is 23.1 Å². The predicted molar refractivity (Wildman–Crippen MR) is 80.2 cm³/mol. The van der Waals surface area contributed by atoms with E-state index in [1.807, 2.05) is 12.1 Å². The number of anilines is 1. The third-order valence-electron chi connectivity index (χ3n) is 4.25. The van der Waals surface area contributed by atoms with E-state index in [1.54, 1.807) is 0 Å². The zero-order valence-corrected chi connectivity index (χ0v) is 12.5. The average molecular weight is 320 g/mol. The van der Waals surface area contributed by atoms with Crippen LogP contribution in [0.2, 0.25) is 0 Å². The van der Waals surface area contributed by atoms with Crippen LogP contribution >= 0.6 is 15.9 Å². The molecule has 0 amide bonds. The Morgan fingerprint density at radius 3 is 2.89 bits per heavy atom. The molecule has 3 rings (SSSR count). The Balaban J connectivity index is 1.86. The fraction of sp³-hybridized carbons (Fsp3) is 0.533. The molecular formula is C15H18BrN3. The number of halogens is 1. The van der Waals surface area contributed by atoms with E-state index >= 15 is 0 Å². The first-order valence-electron chi connectivity index (χ1n) is 6.99. The summed E-state index contributed by atoms with van der Waals surface area (Å²) in [6.07, 6.45) is 5.11. The minimum Gasteiger partial charge on any atom is -0.366 e. The van der Waals surface area contributed by atoms with Gasteiger partial charge in [0.25, 0.3) is 0 Å². The SMILES string of the molecule is N#Cc1ccc(N2CCCC2C2CCCN2)c(Br)c1. The molecule has 3 nitrogen and oxygen atoms in total. The molecule has 1 aromatic rings. The quantitative estimate of drug-likeness (QED) is 0.910. The second-order valence-electron chi connectivity index (χ2n) is 5.38. The molecule has 2 heterocycles. The van der Waals surface area contributed by atoms with Crippen molar-refractivity contribution in [3.05, 3.63) is 28.2 Å². The van der Waals surface area contributed by atoms with Crippen LogP contribution in [0.3, 0.4) is 0 Å². The molecule has 0 saturated carbocycles. The summed E-state index contributed by atoms with van der Waals surface area (Å²) in [5, 5.41) is 12.6. The minimum absolute atomic E-state index is 0.603. The van der Waals surface area contributed by atoms with Gasteiger partial charge in [0.2, 0.25) is 0 Å². The van der Waals surface area contributed by atoms with Gasteiger partial charge in [-0.1, -0.05) is 0 Å². The number of nitrogens with zero attached hydrogens (tertiary/aromatic N) is 2. The third-order valence-corrected chi connectivity index (χ3v) is 4.88. The van der Waals surface area contributed by atoms with Crippen molar-refractivity contribution in [2.75, 3.05) is 18.0 Å². The summed E-state index contributed by atoms with van der Waals surface area (Å²) in [6, 6.07) is 9.34. The minimum atomic E-state index is 0.603. The first-order chi connectivity index (χ1) is 9.29. The summed E-state index contributed by atoms with van der Waals surface area (Å²) < 4.78 is 1.04. The van der Waals surface area contributed by atoms with Crippen LogP contribution < -0.4 is 10.2 Å². The molecule has 0 radical (unpaired) electrons. The van der Waals surface area contributed by atoms with Gasteiger partial charge in [-0.2, -0.15) is 5.26 Å². The molecule has 2 fully saturated rings. The van der Waals surface area contributed by atoms with Crippen molar-refractivity contribution < 1.29 is 0 Å². The first-order valence-corrected chi connectivity index (χ1v) is 7.78. The lowest BCUT2D eigenvalue weighted by Crippen LogP contribution is -2.44. The monoisotopic (exact) mass is 319 g/mol. The summed E-state index contributed by atoms with van der Waals surface area (Å²) in [6.45, 7) is 2.27. The van der Waals surface area contributed by atoms with Gasteiger partial charge < -0.3 is 10.2 Å². The molecule has 0 bridgehead atoms. The van der Waals surface area contributed by atoms with Gasteiger partial charge in [0.05, 0.1) is 17.3 Å². The van der Waals surface area contributed by atoms with Gasteiger partial charge in [0.1, 0.15) is 0 Å². The zero-order chi connectivity index (χ0) is 13.2. The third kappa shape index (κ3) is 2.50. The summed E-state index contributed by atoms with van der Waals surface area (Å²) in [4.78, 5) is 2.51. The number of nitrogens with one attached hydrogen (secondary N) is 1. The maximum absolute atomic E-state index is 8.95. The van der Waals surface area contributed by atoms with E-state index in [-0.39, 0.29) is 0 Å². The lowest BCUT2D eigenvalue weighted by Gasteiger charge is -2.32. The Bertz CT molecular complexity index is 503. The molecule has 2 aliphatic rings. The summed E-state index contributed by atoms with van der Waals surface area (Å²) in [5.74, 6) is 0. The maximum Gasteiger partial charge on any atom is 0.0992 e. The van der Waals surface area contributed by atoms with Crippen molar-refractivity contribution >= 4 is 21.6 Å². The second kappa shape index (κ2) is 5.52. The number of hydrogen-bond acceptors (Lipinski definition) is 3. The van der Waals surface area contributed by atoms with Crippen LogP contribution in [0.1, 0.15) is 31.2 Å². The summed E-state index contributed by atoms with van der Waals surface area (Å²) in [7, 11) is 0. The van der Waals surface area contributed by atoms with Crippen LogP contribution in [-0.2, 0) is 0 Å². The molecule has 1 aromatic carbocycles. The van der Waals surface area contributed by atoms with E-state index in [1.165, 1.54) is 31.4 Å². The van der Waals surface area contributed by atoms with Gasteiger partial charge in [0.15, 0.2) is 0 Å². The maximum atomic E-state index is 8.95. The molecule has 1 N–H and O–H groups in total. The fourth-order valence-corrected chi connectivity index (χ4v) is 3.97. The van der Waals surface area contributed by atoms with Crippen LogP contribution in [-0.4, -0.2) is 25.2 Å². The van der Waals surface area contributed by atoms with Crippen molar-refractivity contribution in [3.63, 3.8) is 0 Å². The molecule has 0 aromatic heterocycles. The first kappa shape index (κ1) is 13.0. The van der Waals surface area contributed by atoms with Crippen LogP contribution in [0.15, 0.2) is 22.7 Å². The molecule has 2 aliphatic heterocycles. The van der Waals surface area contributed by atoms with E-state index in [4.69, 9.17) is 5.26 Å². The Kier molecular flexibility index (Phi) is 3.76. The van der Waals surface area contributed by atoms with Crippen molar-refractivity contribution in [1.82, 2.24) is 5.32 Å². The second-order valence-corrected chi connectivity index (χ2v) is 6.24. The lowest BCUT2D eigenvalue weighted by molar-refractivity contribution is 0.482. The Morgan fingerprint density at radius 2 is 2.21 bits per heavy atom. The lowest BCUT2D eigenvalue weighted by atomic mass is 10.0. The molecule has 100 valence electrons. The highest BCUT2D eigenvalue weighted by atomic mass is 79.9. The van der Waals surface area contributed by atoms with Crippen LogP contribution in [0.5, 0.6) is 0 Å². The fourth-order valence-electron chi connectivity index (χ4n) is 3.36. The number of nitriles is 1. The van der Waals surface area contributed by atoms with E-state index in [0.717, 1.165) is 17.6 Å². The summed E-state index contributed by atoms with van der Waals surface area (Å²) in [5.41, 5.74) is 1.94. The Hall–Kier alpha value is -1.05. The van der Waals surface area contributed by atoms with Gasteiger partial charge in [-0.25, -0.2) is 0 Å². The predicted octanol–water partition coefficient (Wildman–Crippen LogP) is 3.04. The number of benzene rings is 1. The van der Waals surface area contributed by atoms with Gasteiger partial charge in [-0.05, 0) is 66.4 Å². The van der Waals surface area contributed by atoms with E-state index < -0.39 is 0 Å². The molecule has 2 unspecified atom stereocenters. The van der Waals surface area contributed by atoms with Gasteiger partial charge in [-0.15, -0.1) is 0 Å². The van der Waals surface area contributed by atoms with E-state index in [9.17, 15) is 0 Å². The summed E-state index contributed by atoms with van der Waals surface area (Å²) >= 11 is 3.62. The topological polar surface area (TPSA) is 39.1 Å².